The number of rotatable bonds is 3. The first-order valence-electron chi connectivity index (χ1n) is 7.63. The highest BCUT2D eigenvalue weighted by Gasteiger charge is 2.36. The summed E-state index contributed by atoms with van der Waals surface area (Å²) in [6.45, 7) is 6.90. The van der Waals surface area contributed by atoms with Crippen molar-refractivity contribution in [2.45, 2.75) is 65.7 Å². The molecule has 0 saturated heterocycles. The Bertz CT molecular complexity index is 261. The Morgan fingerprint density at radius 2 is 1.59 bits per heavy atom. The molecule has 4 atom stereocenters. The minimum Gasteiger partial charge on any atom is -0.299 e. The van der Waals surface area contributed by atoms with E-state index in [0.29, 0.717) is 17.6 Å². The van der Waals surface area contributed by atoms with Crippen molar-refractivity contribution in [1.82, 2.24) is 0 Å². The number of Topliss-reactive ketones (excluding diaryl/α,β-unsaturated/α-hetero) is 1. The molecular formula is C16H28O. The van der Waals surface area contributed by atoms with Gasteiger partial charge < -0.3 is 0 Å². The normalized spacial score (nSPS) is 42.6. The van der Waals surface area contributed by atoms with Crippen molar-refractivity contribution < 1.29 is 4.79 Å². The molecule has 0 N–H and O–H groups in total. The topological polar surface area (TPSA) is 17.1 Å². The van der Waals surface area contributed by atoms with Gasteiger partial charge in [-0.05, 0) is 56.3 Å². The molecule has 0 heterocycles. The molecule has 0 aromatic rings. The van der Waals surface area contributed by atoms with E-state index >= 15 is 0 Å². The molecule has 2 saturated carbocycles. The molecule has 98 valence electrons. The van der Waals surface area contributed by atoms with E-state index in [9.17, 15) is 4.79 Å². The van der Waals surface area contributed by atoms with Crippen LogP contribution in [0, 0.1) is 29.6 Å². The van der Waals surface area contributed by atoms with Crippen LogP contribution in [-0.2, 0) is 4.79 Å². The first-order valence-corrected chi connectivity index (χ1v) is 7.63. The Morgan fingerprint density at radius 3 is 2.12 bits per heavy atom. The van der Waals surface area contributed by atoms with Crippen LogP contribution >= 0.6 is 0 Å². The van der Waals surface area contributed by atoms with E-state index in [1.807, 2.05) is 0 Å². The lowest BCUT2D eigenvalue weighted by Gasteiger charge is -2.32. The summed E-state index contributed by atoms with van der Waals surface area (Å²) in [5, 5.41) is 0. The highest BCUT2D eigenvalue weighted by atomic mass is 16.1. The second-order valence-electron chi connectivity index (χ2n) is 6.80. The molecule has 0 aliphatic heterocycles. The van der Waals surface area contributed by atoms with Gasteiger partial charge in [0.25, 0.3) is 0 Å². The van der Waals surface area contributed by atoms with Gasteiger partial charge in [0.2, 0.25) is 0 Å². The summed E-state index contributed by atoms with van der Waals surface area (Å²) in [6.07, 6.45) is 8.58. The summed E-state index contributed by atoms with van der Waals surface area (Å²) in [6, 6.07) is 0. The van der Waals surface area contributed by atoms with Gasteiger partial charge in [0, 0.05) is 11.8 Å². The predicted octanol–water partition coefficient (Wildman–Crippen LogP) is 4.45. The average Bonchev–Trinajstić information content (AvgIpc) is 2.75. The Morgan fingerprint density at radius 1 is 0.941 bits per heavy atom. The van der Waals surface area contributed by atoms with Crippen LogP contribution in [0.25, 0.3) is 0 Å². The predicted molar refractivity (Wildman–Crippen MR) is 71.8 cm³/mol. The molecule has 1 nitrogen and oxygen atoms in total. The largest absolute Gasteiger partial charge is 0.299 e. The molecule has 0 bridgehead atoms. The van der Waals surface area contributed by atoms with Crippen LogP contribution in [0.3, 0.4) is 0 Å². The maximum absolute atomic E-state index is 12.6. The molecule has 2 aliphatic rings. The van der Waals surface area contributed by atoms with E-state index in [-0.39, 0.29) is 0 Å². The number of hydrogen-bond acceptors (Lipinski definition) is 1. The van der Waals surface area contributed by atoms with Crippen molar-refractivity contribution in [2.75, 3.05) is 0 Å². The van der Waals surface area contributed by atoms with Crippen LogP contribution in [0.1, 0.15) is 65.7 Å². The highest BCUT2D eigenvalue weighted by Crippen LogP contribution is 2.40. The van der Waals surface area contributed by atoms with Crippen LogP contribution < -0.4 is 0 Å². The molecule has 0 spiro atoms. The van der Waals surface area contributed by atoms with Crippen molar-refractivity contribution in [1.29, 1.82) is 0 Å². The van der Waals surface area contributed by atoms with Gasteiger partial charge in [0.15, 0.2) is 0 Å². The zero-order valence-corrected chi connectivity index (χ0v) is 11.7. The Labute approximate surface area is 106 Å². The van der Waals surface area contributed by atoms with E-state index in [4.69, 9.17) is 0 Å². The highest BCUT2D eigenvalue weighted by molar-refractivity contribution is 5.83. The molecule has 0 aromatic heterocycles. The van der Waals surface area contributed by atoms with Gasteiger partial charge in [-0.3, -0.25) is 4.79 Å². The lowest BCUT2D eigenvalue weighted by Crippen LogP contribution is -2.29. The van der Waals surface area contributed by atoms with E-state index in [1.54, 1.807) is 0 Å². The van der Waals surface area contributed by atoms with E-state index in [2.05, 4.69) is 20.8 Å². The molecule has 2 fully saturated rings. The third kappa shape index (κ3) is 3.11. The molecular weight excluding hydrogens is 208 g/mol. The SMILES string of the molecule is CCC1CCC(C(=O)C2CC(C)CC(C)C2)C1. The van der Waals surface area contributed by atoms with Crippen molar-refractivity contribution in [2.24, 2.45) is 29.6 Å². The number of ketones is 1. The van der Waals surface area contributed by atoms with Gasteiger partial charge in [0.1, 0.15) is 5.78 Å². The second-order valence-corrected chi connectivity index (χ2v) is 6.80. The molecule has 17 heavy (non-hydrogen) atoms. The summed E-state index contributed by atoms with van der Waals surface area (Å²) >= 11 is 0. The van der Waals surface area contributed by atoms with E-state index in [1.165, 1.54) is 32.1 Å². The van der Waals surface area contributed by atoms with E-state index in [0.717, 1.165) is 30.6 Å². The lowest BCUT2D eigenvalue weighted by molar-refractivity contribution is -0.128. The van der Waals surface area contributed by atoms with Crippen LogP contribution in [0.2, 0.25) is 0 Å². The average molecular weight is 236 g/mol. The summed E-state index contributed by atoms with van der Waals surface area (Å²) in [4.78, 5) is 12.6. The van der Waals surface area contributed by atoms with Crippen molar-refractivity contribution >= 4 is 5.78 Å². The number of hydrogen-bond donors (Lipinski definition) is 0. The minimum atomic E-state index is 0.398. The summed E-state index contributed by atoms with van der Waals surface area (Å²) in [5.74, 6) is 3.80. The van der Waals surface area contributed by atoms with Crippen molar-refractivity contribution in [3.05, 3.63) is 0 Å². The van der Waals surface area contributed by atoms with Gasteiger partial charge in [-0.25, -0.2) is 0 Å². The quantitative estimate of drug-likeness (QED) is 0.707. The van der Waals surface area contributed by atoms with Crippen LogP contribution in [-0.4, -0.2) is 5.78 Å². The Balaban J connectivity index is 1.91. The fourth-order valence-corrected chi connectivity index (χ4v) is 4.22. The molecule has 2 rings (SSSR count). The third-order valence-electron chi connectivity index (χ3n) is 5.10. The zero-order valence-electron chi connectivity index (χ0n) is 11.7. The first kappa shape index (κ1) is 13.1. The van der Waals surface area contributed by atoms with Crippen LogP contribution in [0.5, 0.6) is 0 Å². The first-order chi connectivity index (χ1) is 8.10. The van der Waals surface area contributed by atoms with Crippen molar-refractivity contribution in [3.8, 4) is 0 Å². The van der Waals surface area contributed by atoms with Crippen LogP contribution in [0.4, 0.5) is 0 Å². The summed E-state index contributed by atoms with van der Waals surface area (Å²) in [5.41, 5.74) is 0. The maximum Gasteiger partial charge on any atom is 0.139 e. The number of carbonyl (C=O) groups is 1. The summed E-state index contributed by atoms with van der Waals surface area (Å²) in [7, 11) is 0. The Kier molecular flexibility index (Phi) is 4.27. The molecule has 0 aromatic carbocycles. The lowest BCUT2D eigenvalue weighted by atomic mass is 9.72. The van der Waals surface area contributed by atoms with Gasteiger partial charge >= 0.3 is 0 Å². The monoisotopic (exact) mass is 236 g/mol. The van der Waals surface area contributed by atoms with Crippen molar-refractivity contribution in [3.63, 3.8) is 0 Å². The van der Waals surface area contributed by atoms with Gasteiger partial charge in [-0.2, -0.15) is 0 Å². The molecule has 0 radical (unpaired) electrons. The molecule has 2 aliphatic carbocycles. The fourth-order valence-electron chi connectivity index (χ4n) is 4.22. The zero-order chi connectivity index (χ0) is 12.4. The van der Waals surface area contributed by atoms with Gasteiger partial charge in [-0.1, -0.05) is 27.2 Å². The van der Waals surface area contributed by atoms with E-state index < -0.39 is 0 Å². The molecule has 0 amide bonds. The number of carbonyl (C=O) groups excluding carboxylic acids is 1. The minimum absolute atomic E-state index is 0.398. The molecule has 4 unspecified atom stereocenters. The fraction of sp³-hybridized carbons (Fsp3) is 0.938. The third-order valence-corrected chi connectivity index (χ3v) is 5.10. The smallest absolute Gasteiger partial charge is 0.139 e. The van der Waals surface area contributed by atoms with Crippen LogP contribution in [0.15, 0.2) is 0 Å². The second kappa shape index (κ2) is 5.54. The van der Waals surface area contributed by atoms with Gasteiger partial charge in [-0.15, -0.1) is 0 Å². The maximum atomic E-state index is 12.6. The molecule has 1 heteroatoms. The summed E-state index contributed by atoms with van der Waals surface area (Å²) < 4.78 is 0. The Hall–Kier alpha value is -0.330. The standard InChI is InChI=1S/C16H28O/c1-4-13-5-6-14(10-13)16(17)15-8-11(2)7-12(3)9-15/h11-15H,4-10H2,1-3H3. The van der Waals surface area contributed by atoms with Gasteiger partial charge in [0.05, 0.1) is 0 Å².